The van der Waals surface area contributed by atoms with Crippen molar-refractivity contribution in [1.82, 2.24) is 0 Å². The molecule has 0 aromatic carbocycles. The van der Waals surface area contributed by atoms with E-state index < -0.39 is 6.08 Å². The SMILES string of the molecule is [2H]C1(O)C=CC=C1. The Morgan fingerprint density at radius 2 is 2.00 bits per heavy atom. The third kappa shape index (κ3) is 0.494. The molecule has 0 aliphatic heterocycles. The zero-order valence-corrected chi connectivity index (χ0v) is 3.26. The Kier molecular flexibility index (Phi) is 0.546. The lowest BCUT2D eigenvalue weighted by Crippen LogP contribution is -1.89. The standard InChI is InChI=1S/C5H6O/c6-5-3-1-2-4-5/h1-6H/i5D. The number of hydrogen-bond acceptors (Lipinski definition) is 1. The molecule has 1 nitrogen and oxygen atoms in total. The van der Waals surface area contributed by atoms with Crippen molar-refractivity contribution in [1.29, 1.82) is 0 Å². The zero-order chi connectivity index (χ0) is 5.33. The van der Waals surface area contributed by atoms with Gasteiger partial charge in [-0.25, -0.2) is 0 Å². The fraction of sp³-hybridized carbons (Fsp3) is 0.200. The minimum Gasteiger partial charge on any atom is -0.385 e. The van der Waals surface area contributed by atoms with Gasteiger partial charge in [0.05, 0.1) is 7.45 Å². The molecule has 1 N–H and O–H groups in total. The maximum Gasteiger partial charge on any atom is 0.0908 e. The van der Waals surface area contributed by atoms with Crippen molar-refractivity contribution < 1.29 is 6.48 Å². The van der Waals surface area contributed by atoms with Crippen molar-refractivity contribution in [3.63, 3.8) is 0 Å². The molecule has 0 saturated heterocycles. The van der Waals surface area contributed by atoms with Gasteiger partial charge in [-0.1, -0.05) is 24.3 Å². The van der Waals surface area contributed by atoms with E-state index >= 15 is 0 Å². The van der Waals surface area contributed by atoms with E-state index in [0.29, 0.717) is 0 Å². The molecule has 0 bridgehead atoms. The van der Waals surface area contributed by atoms with Gasteiger partial charge in [-0.15, -0.1) is 0 Å². The van der Waals surface area contributed by atoms with Gasteiger partial charge < -0.3 is 5.11 Å². The summed E-state index contributed by atoms with van der Waals surface area (Å²) < 4.78 is 6.87. The first-order valence-corrected chi connectivity index (χ1v) is 1.80. The van der Waals surface area contributed by atoms with E-state index in [9.17, 15) is 0 Å². The summed E-state index contributed by atoms with van der Waals surface area (Å²) in [7, 11) is 0. The van der Waals surface area contributed by atoms with E-state index in [1.54, 1.807) is 12.2 Å². The molecule has 0 amide bonds. The maximum atomic E-state index is 8.69. The van der Waals surface area contributed by atoms with Crippen LogP contribution in [-0.4, -0.2) is 11.2 Å². The third-order valence-electron chi connectivity index (χ3n) is 0.645. The zero-order valence-electron chi connectivity index (χ0n) is 4.26. The first kappa shape index (κ1) is 2.59. The van der Waals surface area contributed by atoms with E-state index in [2.05, 4.69) is 0 Å². The molecule has 6 heavy (non-hydrogen) atoms. The number of aliphatic hydroxyl groups is 1. The fourth-order valence-electron chi connectivity index (χ4n) is 0.364. The van der Waals surface area contributed by atoms with E-state index in [-0.39, 0.29) is 0 Å². The first-order valence-electron chi connectivity index (χ1n) is 2.30. The Labute approximate surface area is 38.0 Å². The lowest BCUT2D eigenvalue weighted by atomic mass is 10.4. The third-order valence-corrected chi connectivity index (χ3v) is 0.645. The topological polar surface area (TPSA) is 20.2 Å². The van der Waals surface area contributed by atoms with E-state index in [1.807, 2.05) is 0 Å². The van der Waals surface area contributed by atoms with Crippen molar-refractivity contribution >= 4 is 0 Å². The molecule has 0 radical (unpaired) electrons. The quantitative estimate of drug-likeness (QED) is 0.451. The summed E-state index contributed by atoms with van der Waals surface area (Å²) in [5.41, 5.74) is 0. The minimum absolute atomic E-state index is 1.41. The van der Waals surface area contributed by atoms with Crippen molar-refractivity contribution in [3.05, 3.63) is 24.3 Å². The molecule has 0 heterocycles. The normalized spacial score (nSPS) is 27.8. The summed E-state index contributed by atoms with van der Waals surface area (Å²) in [5.74, 6) is 0. The number of hydrogen-bond donors (Lipinski definition) is 1. The molecule has 1 aliphatic carbocycles. The van der Waals surface area contributed by atoms with Gasteiger partial charge in [0, 0.05) is 0 Å². The highest BCUT2D eigenvalue weighted by Crippen LogP contribution is 1.95. The first-order chi connectivity index (χ1) is 3.21. The Balaban J connectivity index is 2.77. The number of allylic oxidation sites excluding steroid dienone is 2. The van der Waals surface area contributed by atoms with Crippen LogP contribution in [0.15, 0.2) is 24.3 Å². The van der Waals surface area contributed by atoms with Crippen LogP contribution in [0.4, 0.5) is 0 Å². The highest BCUT2D eigenvalue weighted by Gasteiger charge is 1.91. The van der Waals surface area contributed by atoms with Gasteiger partial charge in [-0.05, 0) is 0 Å². The molecule has 0 spiro atoms. The maximum absolute atomic E-state index is 8.69. The van der Waals surface area contributed by atoms with Crippen LogP contribution in [0.3, 0.4) is 0 Å². The molecular formula is C5H6O. The highest BCUT2D eigenvalue weighted by atomic mass is 16.3. The van der Waals surface area contributed by atoms with Crippen LogP contribution in [0.1, 0.15) is 1.37 Å². The monoisotopic (exact) mass is 83.0 g/mol. The Morgan fingerprint density at radius 3 is 2.17 bits per heavy atom. The molecule has 0 atom stereocenters. The summed E-state index contributed by atoms with van der Waals surface area (Å²) in [6.45, 7) is 0. The van der Waals surface area contributed by atoms with Crippen LogP contribution >= 0.6 is 0 Å². The smallest absolute Gasteiger partial charge is 0.0908 e. The minimum atomic E-state index is -1.42. The van der Waals surface area contributed by atoms with Crippen LogP contribution in [0.2, 0.25) is 0 Å². The van der Waals surface area contributed by atoms with E-state index in [1.165, 1.54) is 12.2 Å². The van der Waals surface area contributed by atoms with Crippen LogP contribution in [-0.2, 0) is 0 Å². The molecular weight excluding hydrogens is 76.1 g/mol. The van der Waals surface area contributed by atoms with Crippen molar-refractivity contribution in [2.45, 2.75) is 6.08 Å². The van der Waals surface area contributed by atoms with Gasteiger partial charge in [0.1, 0.15) is 0 Å². The lowest BCUT2D eigenvalue weighted by molar-refractivity contribution is 0.274. The second-order valence-electron chi connectivity index (χ2n) is 1.14. The summed E-state index contributed by atoms with van der Waals surface area (Å²) in [5, 5.41) is 8.69. The molecule has 32 valence electrons. The summed E-state index contributed by atoms with van der Waals surface area (Å²) in [6.07, 6.45) is 4.69. The van der Waals surface area contributed by atoms with Crippen molar-refractivity contribution in [2.24, 2.45) is 0 Å². The average Bonchev–Trinajstić information content (AvgIpc) is 1.84. The summed E-state index contributed by atoms with van der Waals surface area (Å²) in [6, 6.07) is 0. The Bertz CT molecular complexity index is 110. The average molecular weight is 83.1 g/mol. The van der Waals surface area contributed by atoms with Crippen LogP contribution in [0.25, 0.3) is 0 Å². The molecule has 0 unspecified atom stereocenters. The lowest BCUT2D eigenvalue weighted by Gasteiger charge is -1.84. The largest absolute Gasteiger partial charge is 0.385 e. The van der Waals surface area contributed by atoms with Gasteiger partial charge in [0.2, 0.25) is 0 Å². The molecule has 1 rings (SSSR count). The molecule has 1 aliphatic rings. The van der Waals surface area contributed by atoms with Gasteiger partial charge in [-0.3, -0.25) is 0 Å². The van der Waals surface area contributed by atoms with Gasteiger partial charge >= 0.3 is 0 Å². The molecule has 1 heteroatoms. The van der Waals surface area contributed by atoms with Crippen LogP contribution < -0.4 is 0 Å². The second-order valence-corrected chi connectivity index (χ2v) is 1.14. The summed E-state index contributed by atoms with van der Waals surface area (Å²) >= 11 is 0. The van der Waals surface area contributed by atoms with Gasteiger partial charge in [0.25, 0.3) is 0 Å². The van der Waals surface area contributed by atoms with Crippen LogP contribution in [0.5, 0.6) is 0 Å². The van der Waals surface area contributed by atoms with E-state index in [0.717, 1.165) is 0 Å². The molecule has 0 saturated carbocycles. The highest BCUT2D eigenvalue weighted by molar-refractivity contribution is 5.18. The van der Waals surface area contributed by atoms with Crippen molar-refractivity contribution in [3.8, 4) is 0 Å². The molecule has 0 fully saturated rings. The molecule has 0 aromatic rings. The van der Waals surface area contributed by atoms with Gasteiger partial charge in [0.15, 0.2) is 0 Å². The molecule has 0 aromatic heterocycles. The van der Waals surface area contributed by atoms with Gasteiger partial charge in [-0.2, -0.15) is 0 Å². The second kappa shape index (κ2) is 1.27. The van der Waals surface area contributed by atoms with E-state index in [4.69, 9.17) is 6.48 Å². The predicted molar refractivity (Wildman–Crippen MR) is 24.3 cm³/mol. The van der Waals surface area contributed by atoms with Crippen molar-refractivity contribution in [2.75, 3.05) is 0 Å². The summed E-state index contributed by atoms with van der Waals surface area (Å²) in [4.78, 5) is 0. The van der Waals surface area contributed by atoms with Crippen LogP contribution in [0, 0.1) is 0 Å². The Hall–Kier alpha value is -0.560. The fourth-order valence-corrected chi connectivity index (χ4v) is 0.364. The number of rotatable bonds is 0. The predicted octanol–water partition coefficient (Wildman–Crippen LogP) is 0.473. The Morgan fingerprint density at radius 1 is 1.50 bits per heavy atom.